The van der Waals surface area contributed by atoms with Crippen LogP contribution >= 0.6 is 0 Å². The molecule has 8 heteroatoms. The van der Waals surface area contributed by atoms with Gasteiger partial charge in [-0.3, -0.25) is 4.90 Å². The van der Waals surface area contributed by atoms with Gasteiger partial charge in [0.05, 0.1) is 13.2 Å². The molecular formula is C26H31N5O3. The summed E-state index contributed by atoms with van der Waals surface area (Å²) in [6.45, 7) is 6.81. The standard InChI is InChI=1S/C26H31N5O3/c32-26(31-10-6-21(7-11-31)23-4-8-27-25-24(23)5-9-28-25)29-19-20-2-1-3-22(18-20)34-17-14-30-12-15-33-16-13-30/h1-6,8-9,18H,7,10-17,19H2,(H,27,28)(H,29,32). The predicted octanol–water partition coefficient (Wildman–Crippen LogP) is 3.27. The van der Waals surface area contributed by atoms with Crippen LogP contribution in [0.2, 0.25) is 0 Å². The van der Waals surface area contributed by atoms with Gasteiger partial charge in [-0.15, -0.1) is 0 Å². The van der Waals surface area contributed by atoms with Crippen molar-refractivity contribution in [1.82, 2.24) is 25.1 Å². The molecule has 1 fully saturated rings. The molecule has 2 N–H and O–H groups in total. The van der Waals surface area contributed by atoms with Crippen LogP contribution in [-0.4, -0.2) is 78.3 Å². The number of amides is 2. The number of morpholine rings is 1. The minimum atomic E-state index is -0.0459. The smallest absolute Gasteiger partial charge is 0.317 e. The molecule has 0 saturated carbocycles. The molecule has 3 aromatic rings. The molecule has 2 aliphatic rings. The summed E-state index contributed by atoms with van der Waals surface area (Å²) < 4.78 is 11.3. The van der Waals surface area contributed by atoms with E-state index in [9.17, 15) is 4.79 Å². The van der Waals surface area contributed by atoms with Gasteiger partial charge >= 0.3 is 6.03 Å². The van der Waals surface area contributed by atoms with E-state index in [2.05, 4.69) is 32.3 Å². The number of hydrogen-bond donors (Lipinski definition) is 2. The van der Waals surface area contributed by atoms with Crippen molar-refractivity contribution in [2.45, 2.75) is 13.0 Å². The van der Waals surface area contributed by atoms with E-state index in [1.165, 1.54) is 11.1 Å². The summed E-state index contributed by atoms with van der Waals surface area (Å²) >= 11 is 0. The fraction of sp³-hybridized carbons (Fsp3) is 0.385. The fourth-order valence-electron chi connectivity index (χ4n) is 4.49. The van der Waals surface area contributed by atoms with Gasteiger partial charge in [-0.1, -0.05) is 18.2 Å². The lowest BCUT2D eigenvalue weighted by molar-refractivity contribution is 0.0322. The first kappa shape index (κ1) is 22.4. The second-order valence-electron chi connectivity index (χ2n) is 8.63. The van der Waals surface area contributed by atoms with E-state index < -0.39 is 0 Å². The maximum atomic E-state index is 12.7. The summed E-state index contributed by atoms with van der Waals surface area (Å²) in [6.07, 6.45) is 6.71. The summed E-state index contributed by atoms with van der Waals surface area (Å²) in [4.78, 5) is 24.5. The van der Waals surface area contributed by atoms with Gasteiger partial charge in [0.25, 0.3) is 0 Å². The monoisotopic (exact) mass is 461 g/mol. The lowest BCUT2D eigenvalue weighted by Crippen LogP contribution is -2.41. The van der Waals surface area contributed by atoms with Crippen LogP contribution in [0.5, 0.6) is 5.75 Å². The van der Waals surface area contributed by atoms with Gasteiger partial charge < -0.3 is 24.7 Å². The molecule has 1 aromatic carbocycles. The Labute approximate surface area is 199 Å². The Kier molecular flexibility index (Phi) is 7.07. The van der Waals surface area contributed by atoms with Gasteiger partial charge in [-0.2, -0.15) is 0 Å². The van der Waals surface area contributed by atoms with Crippen LogP contribution in [0.15, 0.2) is 54.9 Å². The van der Waals surface area contributed by atoms with Crippen molar-refractivity contribution in [2.75, 3.05) is 52.5 Å². The van der Waals surface area contributed by atoms with E-state index in [0.717, 1.165) is 61.6 Å². The number of nitrogens with zero attached hydrogens (tertiary/aromatic N) is 3. The zero-order chi connectivity index (χ0) is 23.2. The topological polar surface area (TPSA) is 82.7 Å². The second kappa shape index (κ2) is 10.7. The Hall–Kier alpha value is -3.36. The Bertz CT molecular complexity index is 1150. The van der Waals surface area contributed by atoms with E-state index >= 15 is 0 Å². The van der Waals surface area contributed by atoms with Crippen molar-refractivity contribution >= 4 is 22.6 Å². The number of fused-ring (bicyclic) bond motifs is 1. The van der Waals surface area contributed by atoms with Gasteiger partial charge in [0.15, 0.2) is 0 Å². The van der Waals surface area contributed by atoms with E-state index in [0.29, 0.717) is 26.2 Å². The number of H-pyrrole nitrogens is 1. The molecule has 0 radical (unpaired) electrons. The average molecular weight is 462 g/mol. The highest BCUT2D eigenvalue weighted by Gasteiger charge is 2.19. The van der Waals surface area contributed by atoms with Crippen molar-refractivity contribution in [3.05, 3.63) is 66.0 Å². The molecule has 178 valence electrons. The minimum absolute atomic E-state index is 0.0459. The van der Waals surface area contributed by atoms with Crippen molar-refractivity contribution < 1.29 is 14.3 Å². The molecule has 2 amide bonds. The van der Waals surface area contributed by atoms with Gasteiger partial charge in [0.2, 0.25) is 0 Å². The van der Waals surface area contributed by atoms with Gasteiger partial charge in [-0.05, 0) is 47.4 Å². The van der Waals surface area contributed by atoms with Crippen LogP contribution in [0.3, 0.4) is 0 Å². The molecule has 0 aliphatic carbocycles. The largest absolute Gasteiger partial charge is 0.492 e. The number of hydrogen-bond acceptors (Lipinski definition) is 5. The van der Waals surface area contributed by atoms with Gasteiger partial charge in [-0.25, -0.2) is 9.78 Å². The number of pyridine rings is 1. The number of ether oxygens (including phenoxy) is 2. The first-order valence-electron chi connectivity index (χ1n) is 11.9. The maximum Gasteiger partial charge on any atom is 0.317 e. The van der Waals surface area contributed by atoms with E-state index in [1.54, 1.807) is 0 Å². The molecule has 0 spiro atoms. The van der Waals surface area contributed by atoms with Crippen LogP contribution in [0.1, 0.15) is 17.5 Å². The maximum absolute atomic E-state index is 12.7. The molecule has 5 rings (SSSR count). The number of nitrogens with one attached hydrogen (secondary N) is 2. The van der Waals surface area contributed by atoms with Crippen LogP contribution in [0.25, 0.3) is 16.6 Å². The first-order valence-corrected chi connectivity index (χ1v) is 11.9. The Balaban J connectivity index is 1.10. The molecule has 34 heavy (non-hydrogen) atoms. The highest BCUT2D eigenvalue weighted by atomic mass is 16.5. The first-order chi connectivity index (χ1) is 16.8. The summed E-state index contributed by atoms with van der Waals surface area (Å²) in [5.41, 5.74) is 4.37. The number of carbonyl (C=O) groups is 1. The molecule has 0 atom stereocenters. The molecular weight excluding hydrogens is 430 g/mol. The number of aromatic nitrogens is 2. The number of benzene rings is 1. The summed E-state index contributed by atoms with van der Waals surface area (Å²) in [6, 6.07) is 12.0. The number of rotatable bonds is 7. The van der Waals surface area contributed by atoms with Crippen LogP contribution in [0.4, 0.5) is 4.79 Å². The number of urea groups is 1. The molecule has 2 aromatic heterocycles. The Morgan fingerprint density at radius 1 is 1.18 bits per heavy atom. The molecule has 8 nitrogen and oxygen atoms in total. The third-order valence-electron chi connectivity index (χ3n) is 6.42. The molecule has 0 unspecified atom stereocenters. The summed E-state index contributed by atoms with van der Waals surface area (Å²) in [5, 5.41) is 4.17. The molecule has 2 aliphatic heterocycles. The Morgan fingerprint density at radius 3 is 2.94 bits per heavy atom. The van der Waals surface area contributed by atoms with Crippen molar-refractivity contribution in [2.24, 2.45) is 0 Å². The van der Waals surface area contributed by atoms with E-state index in [-0.39, 0.29) is 6.03 Å². The van der Waals surface area contributed by atoms with Gasteiger partial charge in [0.1, 0.15) is 18.0 Å². The summed E-state index contributed by atoms with van der Waals surface area (Å²) in [5.74, 6) is 0.832. The molecule has 0 bridgehead atoms. The van der Waals surface area contributed by atoms with Gasteiger partial charge in [0, 0.05) is 57.0 Å². The number of aromatic amines is 1. The third-order valence-corrected chi connectivity index (χ3v) is 6.42. The fourth-order valence-corrected chi connectivity index (χ4v) is 4.49. The normalized spacial score (nSPS) is 16.9. The van der Waals surface area contributed by atoms with Crippen LogP contribution in [0, 0.1) is 0 Å². The minimum Gasteiger partial charge on any atom is -0.492 e. The number of carbonyl (C=O) groups excluding carboxylic acids is 1. The third kappa shape index (κ3) is 5.40. The average Bonchev–Trinajstić information content (AvgIpc) is 3.38. The zero-order valence-corrected chi connectivity index (χ0v) is 19.3. The lowest BCUT2D eigenvalue weighted by Gasteiger charge is -2.27. The zero-order valence-electron chi connectivity index (χ0n) is 19.3. The lowest BCUT2D eigenvalue weighted by atomic mass is 9.98. The van der Waals surface area contributed by atoms with E-state index in [4.69, 9.17) is 9.47 Å². The van der Waals surface area contributed by atoms with Crippen LogP contribution in [-0.2, 0) is 11.3 Å². The van der Waals surface area contributed by atoms with Crippen LogP contribution < -0.4 is 10.1 Å². The SMILES string of the molecule is O=C(NCc1cccc(OCCN2CCOCC2)c1)N1CC=C(c2ccnc3[nH]ccc23)CC1. The second-order valence-corrected chi connectivity index (χ2v) is 8.63. The van der Waals surface area contributed by atoms with Crippen molar-refractivity contribution in [1.29, 1.82) is 0 Å². The summed E-state index contributed by atoms with van der Waals surface area (Å²) in [7, 11) is 0. The predicted molar refractivity (Wildman–Crippen MR) is 132 cm³/mol. The highest BCUT2D eigenvalue weighted by molar-refractivity contribution is 5.90. The van der Waals surface area contributed by atoms with Crippen molar-refractivity contribution in [3.63, 3.8) is 0 Å². The highest BCUT2D eigenvalue weighted by Crippen LogP contribution is 2.28. The van der Waals surface area contributed by atoms with Crippen molar-refractivity contribution in [3.8, 4) is 5.75 Å². The molecule has 4 heterocycles. The quantitative estimate of drug-likeness (QED) is 0.564. The Morgan fingerprint density at radius 2 is 2.09 bits per heavy atom. The molecule has 1 saturated heterocycles. The van der Waals surface area contributed by atoms with E-state index in [1.807, 2.05) is 47.6 Å².